The molecule has 0 atom stereocenters. The Morgan fingerprint density at radius 2 is 1.30 bits per heavy atom. The quantitative estimate of drug-likeness (QED) is 0.326. The van der Waals surface area contributed by atoms with E-state index >= 15 is 0 Å². The van der Waals surface area contributed by atoms with Crippen molar-refractivity contribution in [2.24, 2.45) is 0 Å². The van der Waals surface area contributed by atoms with Crippen LogP contribution in [0.1, 0.15) is 12.5 Å². The van der Waals surface area contributed by atoms with Gasteiger partial charge in [0.2, 0.25) is 0 Å². The van der Waals surface area contributed by atoms with Gasteiger partial charge in [-0.25, -0.2) is 9.97 Å². The van der Waals surface area contributed by atoms with E-state index < -0.39 is 0 Å². The summed E-state index contributed by atoms with van der Waals surface area (Å²) in [7, 11) is 0. The lowest BCUT2D eigenvalue weighted by Crippen LogP contribution is -1.97. The van der Waals surface area contributed by atoms with Gasteiger partial charge in [-0.05, 0) is 34.9 Å². The van der Waals surface area contributed by atoms with E-state index in [2.05, 4.69) is 91.9 Å². The van der Waals surface area contributed by atoms with E-state index in [4.69, 9.17) is 9.97 Å². The Hall–Kier alpha value is -3.78. The Balaban J connectivity index is 1.76. The van der Waals surface area contributed by atoms with Gasteiger partial charge < -0.3 is 0 Å². The van der Waals surface area contributed by atoms with Gasteiger partial charge in [-0.15, -0.1) is 0 Å². The highest BCUT2D eigenvalue weighted by Crippen LogP contribution is 2.31. The van der Waals surface area contributed by atoms with Crippen molar-refractivity contribution in [1.29, 1.82) is 0 Å². The maximum Gasteiger partial charge on any atom is 0.160 e. The van der Waals surface area contributed by atoms with E-state index in [0.29, 0.717) is 0 Å². The summed E-state index contributed by atoms with van der Waals surface area (Å²) in [6.07, 6.45) is 0.988. The third kappa shape index (κ3) is 3.48. The largest absolute Gasteiger partial charge is 0.228 e. The smallest absolute Gasteiger partial charge is 0.160 e. The molecule has 4 aromatic carbocycles. The van der Waals surface area contributed by atoms with Crippen LogP contribution in [-0.4, -0.2) is 9.97 Å². The average Bonchev–Trinajstić information content (AvgIpc) is 2.84. The van der Waals surface area contributed by atoms with Gasteiger partial charge in [0.1, 0.15) is 0 Å². The van der Waals surface area contributed by atoms with Crippen molar-refractivity contribution in [3.63, 3.8) is 0 Å². The molecule has 5 rings (SSSR count). The summed E-state index contributed by atoms with van der Waals surface area (Å²) >= 11 is 0. The van der Waals surface area contributed by atoms with Crippen molar-refractivity contribution in [1.82, 2.24) is 9.97 Å². The standard InChI is InChI=1S/C28H22N2/c1-2-20-10-8-15-23(18-20)28-29-26(22-12-4-3-5-13-22)19-27(30-28)25-17-9-14-21-11-6-7-16-24(21)25/h3-19H,2H2,1H3. The summed E-state index contributed by atoms with van der Waals surface area (Å²) in [6, 6.07) is 35.8. The zero-order chi connectivity index (χ0) is 20.3. The number of nitrogens with zero attached hydrogens (tertiary/aromatic N) is 2. The van der Waals surface area contributed by atoms with Gasteiger partial charge in [-0.3, -0.25) is 0 Å². The first-order valence-electron chi connectivity index (χ1n) is 10.3. The fourth-order valence-corrected chi connectivity index (χ4v) is 3.85. The van der Waals surface area contributed by atoms with Crippen LogP contribution < -0.4 is 0 Å². The molecule has 0 amide bonds. The maximum atomic E-state index is 5.01. The molecule has 0 N–H and O–H groups in total. The van der Waals surface area contributed by atoms with Crippen molar-refractivity contribution < 1.29 is 0 Å². The number of benzene rings is 4. The number of aryl methyl sites for hydroxylation is 1. The molecule has 0 aliphatic carbocycles. The summed E-state index contributed by atoms with van der Waals surface area (Å²) in [5.74, 6) is 0.759. The minimum atomic E-state index is 0.759. The summed E-state index contributed by atoms with van der Waals surface area (Å²) < 4.78 is 0. The van der Waals surface area contributed by atoms with E-state index in [9.17, 15) is 0 Å². The van der Waals surface area contributed by atoms with E-state index in [0.717, 1.165) is 40.3 Å². The van der Waals surface area contributed by atoms with Crippen molar-refractivity contribution in [2.75, 3.05) is 0 Å². The van der Waals surface area contributed by atoms with Crippen molar-refractivity contribution >= 4 is 10.8 Å². The first kappa shape index (κ1) is 18.3. The molecule has 2 heteroatoms. The van der Waals surface area contributed by atoms with Crippen molar-refractivity contribution in [3.8, 4) is 33.9 Å². The molecule has 0 aliphatic heterocycles. The normalized spacial score (nSPS) is 11.0. The second-order valence-corrected chi connectivity index (χ2v) is 7.41. The van der Waals surface area contributed by atoms with Crippen LogP contribution in [0.2, 0.25) is 0 Å². The van der Waals surface area contributed by atoms with Gasteiger partial charge in [-0.2, -0.15) is 0 Å². The SMILES string of the molecule is CCc1cccc(-c2nc(-c3ccccc3)cc(-c3cccc4ccccc34)n2)c1. The predicted octanol–water partition coefficient (Wildman–Crippen LogP) is 7.19. The second-order valence-electron chi connectivity index (χ2n) is 7.41. The Labute approximate surface area is 176 Å². The van der Waals surface area contributed by atoms with E-state index in [1.807, 2.05) is 18.2 Å². The molecular weight excluding hydrogens is 364 g/mol. The van der Waals surface area contributed by atoms with Crippen LogP contribution in [-0.2, 0) is 6.42 Å². The third-order valence-corrected chi connectivity index (χ3v) is 5.45. The minimum absolute atomic E-state index is 0.759. The van der Waals surface area contributed by atoms with Crippen LogP contribution >= 0.6 is 0 Å². The van der Waals surface area contributed by atoms with Gasteiger partial charge in [0.05, 0.1) is 11.4 Å². The molecular formula is C28H22N2. The number of fused-ring (bicyclic) bond motifs is 1. The molecule has 1 aromatic heterocycles. The molecule has 144 valence electrons. The maximum absolute atomic E-state index is 5.01. The molecule has 0 saturated heterocycles. The topological polar surface area (TPSA) is 25.8 Å². The Bertz CT molecular complexity index is 1320. The zero-order valence-corrected chi connectivity index (χ0v) is 16.9. The Morgan fingerprint density at radius 3 is 2.17 bits per heavy atom. The Kier molecular flexibility index (Phi) is 4.82. The molecule has 0 spiro atoms. The summed E-state index contributed by atoms with van der Waals surface area (Å²) in [5.41, 5.74) is 6.43. The van der Waals surface area contributed by atoms with Gasteiger partial charge in [0.15, 0.2) is 5.82 Å². The zero-order valence-electron chi connectivity index (χ0n) is 16.9. The van der Waals surface area contributed by atoms with Crippen LogP contribution in [0.25, 0.3) is 44.7 Å². The second kappa shape index (κ2) is 7.92. The van der Waals surface area contributed by atoms with Gasteiger partial charge >= 0.3 is 0 Å². The van der Waals surface area contributed by atoms with Crippen molar-refractivity contribution in [3.05, 3.63) is 109 Å². The van der Waals surface area contributed by atoms with Crippen LogP contribution in [0.5, 0.6) is 0 Å². The summed E-state index contributed by atoms with van der Waals surface area (Å²) in [4.78, 5) is 9.96. The number of rotatable bonds is 4. The highest BCUT2D eigenvalue weighted by Gasteiger charge is 2.12. The highest BCUT2D eigenvalue weighted by atomic mass is 14.9. The molecule has 0 unspecified atom stereocenters. The molecule has 0 radical (unpaired) electrons. The molecule has 1 heterocycles. The first-order valence-corrected chi connectivity index (χ1v) is 10.3. The van der Waals surface area contributed by atoms with E-state index in [1.165, 1.54) is 16.3 Å². The number of hydrogen-bond donors (Lipinski definition) is 0. The van der Waals surface area contributed by atoms with E-state index in [1.54, 1.807) is 0 Å². The first-order chi connectivity index (χ1) is 14.8. The monoisotopic (exact) mass is 386 g/mol. The lowest BCUT2D eigenvalue weighted by Gasteiger charge is -2.11. The van der Waals surface area contributed by atoms with Crippen LogP contribution in [0.15, 0.2) is 103 Å². The molecule has 2 nitrogen and oxygen atoms in total. The summed E-state index contributed by atoms with van der Waals surface area (Å²) in [5, 5.41) is 2.41. The van der Waals surface area contributed by atoms with Gasteiger partial charge in [0, 0.05) is 16.7 Å². The molecule has 0 saturated carbocycles. The highest BCUT2D eigenvalue weighted by molar-refractivity contribution is 5.96. The van der Waals surface area contributed by atoms with Crippen LogP contribution in [0.3, 0.4) is 0 Å². The average molecular weight is 386 g/mol. The molecule has 0 bridgehead atoms. The molecule has 0 fully saturated rings. The lowest BCUT2D eigenvalue weighted by atomic mass is 10.00. The molecule has 5 aromatic rings. The van der Waals surface area contributed by atoms with Gasteiger partial charge in [-0.1, -0.05) is 97.9 Å². The summed E-state index contributed by atoms with van der Waals surface area (Å²) in [6.45, 7) is 2.17. The number of hydrogen-bond acceptors (Lipinski definition) is 2. The lowest BCUT2D eigenvalue weighted by molar-refractivity contribution is 1.13. The molecule has 30 heavy (non-hydrogen) atoms. The fourth-order valence-electron chi connectivity index (χ4n) is 3.85. The third-order valence-electron chi connectivity index (χ3n) is 5.45. The minimum Gasteiger partial charge on any atom is -0.228 e. The predicted molar refractivity (Wildman–Crippen MR) is 125 cm³/mol. The van der Waals surface area contributed by atoms with E-state index in [-0.39, 0.29) is 0 Å². The number of aromatic nitrogens is 2. The van der Waals surface area contributed by atoms with Crippen LogP contribution in [0.4, 0.5) is 0 Å². The van der Waals surface area contributed by atoms with Crippen LogP contribution in [0, 0.1) is 0 Å². The fraction of sp³-hybridized carbons (Fsp3) is 0.0714. The Morgan fingerprint density at radius 1 is 0.600 bits per heavy atom. The van der Waals surface area contributed by atoms with Gasteiger partial charge in [0.25, 0.3) is 0 Å². The van der Waals surface area contributed by atoms with Crippen molar-refractivity contribution in [2.45, 2.75) is 13.3 Å². The molecule has 0 aliphatic rings.